The van der Waals surface area contributed by atoms with Gasteiger partial charge in [-0.15, -0.1) is 0 Å². The molecule has 4 heteroatoms. The van der Waals surface area contributed by atoms with Crippen molar-refractivity contribution in [1.82, 2.24) is 4.98 Å². The number of hydrogen-bond acceptors (Lipinski definition) is 3. The fourth-order valence-corrected chi connectivity index (χ4v) is 1.79. The van der Waals surface area contributed by atoms with Gasteiger partial charge in [-0.25, -0.2) is 0 Å². The molecule has 0 saturated carbocycles. The molecule has 0 aliphatic rings. The van der Waals surface area contributed by atoms with Crippen LogP contribution in [0.1, 0.15) is 11.3 Å². The van der Waals surface area contributed by atoms with E-state index in [0.29, 0.717) is 22.7 Å². The molecule has 0 fully saturated rings. The number of halogens is 1. The van der Waals surface area contributed by atoms with Gasteiger partial charge in [0.1, 0.15) is 0 Å². The second kappa shape index (κ2) is 4.45. The van der Waals surface area contributed by atoms with Crippen molar-refractivity contribution in [2.45, 2.75) is 0 Å². The van der Waals surface area contributed by atoms with E-state index in [0.717, 1.165) is 4.47 Å². The highest BCUT2D eigenvalue weighted by atomic mass is 79.9. The van der Waals surface area contributed by atoms with Crippen molar-refractivity contribution in [3.8, 4) is 0 Å². The summed E-state index contributed by atoms with van der Waals surface area (Å²) in [5, 5.41) is 8.02. The van der Waals surface area contributed by atoms with Gasteiger partial charge in [0, 0.05) is 21.9 Å². The Balaban J connectivity index is 2.42. The molecule has 3 N–H and O–H groups in total. The van der Waals surface area contributed by atoms with Crippen molar-refractivity contribution in [2.75, 3.05) is 5.73 Å². The van der Waals surface area contributed by atoms with Gasteiger partial charge in [-0.3, -0.25) is 10.4 Å². The second-order valence-electron chi connectivity index (χ2n) is 3.32. The number of nitrogen functional groups attached to an aromatic ring is 1. The first kappa shape index (κ1) is 10.8. The van der Waals surface area contributed by atoms with Crippen LogP contribution in [-0.4, -0.2) is 10.7 Å². The molecule has 16 heavy (non-hydrogen) atoms. The average molecular weight is 276 g/mol. The highest BCUT2D eigenvalue weighted by Gasteiger charge is 2.09. The number of anilines is 1. The summed E-state index contributed by atoms with van der Waals surface area (Å²) >= 11 is 3.34. The minimum absolute atomic E-state index is 0.339. The summed E-state index contributed by atoms with van der Waals surface area (Å²) in [5.41, 5.74) is 8.09. The summed E-state index contributed by atoms with van der Waals surface area (Å²) in [6.07, 6.45) is 1.67. The molecule has 2 aromatic rings. The number of hydrogen-bond donors (Lipinski definition) is 2. The molecule has 1 heterocycles. The van der Waals surface area contributed by atoms with Gasteiger partial charge in [0.05, 0.1) is 11.4 Å². The van der Waals surface area contributed by atoms with Gasteiger partial charge >= 0.3 is 0 Å². The lowest BCUT2D eigenvalue weighted by Gasteiger charge is -2.07. The molecule has 0 radical (unpaired) electrons. The topological polar surface area (TPSA) is 62.8 Å². The molecule has 0 aliphatic heterocycles. The molecule has 80 valence electrons. The summed E-state index contributed by atoms with van der Waals surface area (Å²) in [4.78, 5) is 4.13. The molecular formula is C12H10BrN3. The molecule has 0 bridgehead atoms. The Morgan fingerprint density at radius 1 is 1.25 bits per heavy atom. The molecule has 3 nitrogen and oxygen atoms in total. The van der Waals surface area contributed by atoms with Crippen LogP contribution < -0.4 is 5.73 Å². The SMILES string of the molecule is N=C(c1ccccn1)c1ccc(Br)cc1N. The number of rotatable bonds is 2. The van der Waals surface area contributed by atoms with Crippen LogP contribution in [0.3, 0.4) is 0 Å². The average Bonchev–Trinajstić information content (AvgIpc) is 2.29. The van der Waals surface area contributed by atoms with Gasteiger partial charge in [-0.05, 0) is 30.3 Å². The molecule has 0 amide bonds. The standard InChI is InChI=1S/C12H10BrN3/c13-8-4-5-9(10(14)7-8)12(15)11-3-1-2-6-16-11/h1-7,15H,14H2. The van der Waals surface area contributed by atoms with Gasteiger partial charge in [-0.2, -0.15) is 0 Å². The number of pyridine rings is 1. The molecule has 0 spiro atoms. The molecule has 0 aliphatic carbocycles. The van der Waals surface area contributed by atoms with Gasteiger partial charge in [0.2, 0.25) is 0 Å². The molecule has 0 unspecified atom stereocenters. The normalized spacial score (nSPS) is 10.1. The number of aromatic nitrogens is 1. The van der Waals surface area contributed by atoms with E-state index in [-0.39, 0.29) is 0 Å². The van der Waals surface area contributed by atoms with Crippen molar-refractivity contribution in [1.29, 1.82) is 5.41 Å². The quantitative estimate of drug-likeness (QED) is 0.654. The number of nitrogens with one attached hydrogen (secondary N) is 1. The summed E-state index contributed by atoms with van der Waals surface area (Å²) in [7, 11) is 0. The molecule has 0 atom stereocenters. The van der Waals surface area contributed by atoms with Crippen LogP contribution in [0.25, 0.3) is 0 Å². The van der Waals surface area contributed by atoms with E-state index >= 15 is 0 Å². The molecule has 2 rings (SSSR count). The predicted octanol–water partition coefficient (Wildman–Crippen LogP) is 2.84. The van der Waals surface area contributed by atoms with Crippen LogP contribution in [0, 0.1) is 5.41 Å². The summed E-state index contributed by atoms with van der Waals surface area (Å²) in [6, 6.07) is 10.9. The lowest BCUT2D eigenvalue weighted by molar-refractivity contribution is 1.27. The molecular weight excluding hydrogens is 266 g/mol. The summed E-state index contributed by atoms with van der Waals surface area (Å²) in [6.45, 7) is 0. The van der Waals surface area contributed by atoms with Crippen LogP contribution in [0.4, 0.5) is 5.69 Å². The maximum absolute atomic E-state index is 8.02. The van der Waals surface area contributed by atoms with E-state index in [4.69, 9.17) is 11.1 Å². The van der Waals surface area contributed by atoms with Crippen LogP contribution in [-0.2, 0) is 0 Å². The van der Waals surface area contributed by atoms with E-state index in [1.807, 2.05) is 24.3 Å². The Morgan fingerprint density at radius 2 is 2.06 bits per heavy atom. The van der Waals surface area contributed by atoms with Crippen LogP contribution in [0.15, 0.2) is 47.1 Å². The largest absolute Gasteiger partial charge is 0.398 e. The van der Waals surface area contributed by atoms with E-state index in [1.165, 1.54) is 0 Å². The summed E-state index contributed by atoms with van der Waals surface area (Å²) in [5.74, 6) is 0. The van der Waals surface area contributed by atoms with Crippen molar-refractivity contribution in [2.24, 2.45) is 0 Å². The van der Waals surface area contributed by atoms with Crippen molar-refractivity contribution in [3.05, 3.63) is 58.3 Å². The maximum Gasteiger partial charge on any atom is 0.0889 e. The predicted molar refractivity (Wildman–Crippen MR) is 68.7 cm³/mol. The zero-order chi connectivity index (χ0) is 11.5. The minimum atomic E-state index is 0.339. The number of nitrogens with zero attached hydrogens (tertiary/aromatic N) is 1. The highest BCUT2D eigenvalue weighted by molar-refractivity contribution is 9.10. The Labute approximate surface area is 102 Å². The first-order valence-electron chi connectivity index (χ1n) is 4.74. The smallest absolute Gasteiger partial charge is 0.0889 e. The zero-order valence-electron chi connectivity index (χ0n) is 8.44. The fourth-order valence-electron chi connectivity index (χ4n) is 1.41. The Bertz CT molecular complexity index is 523. The van der Waals surface area contributed by atoms with Crippen LogP contribution >= 0.6 is 15.9 Å². The Morgan fingerprint density at radius 3 is 2.69 bits per heavy atom. The minimum Gasteiger partial charge on any atom is -0.398 e. The third kappa shape index (κ3) is 2.12. The lowest BCUT2D eigenvalue weighted by Crippen LogP contribution is -2.06. The fraction of sp³-hybridized carbons (Fsp3) is 0. The van der Waals surface area contributed by atoms with Gasteiger partial charge in [0.15, 0.2) is 0 Å². The first-order chi connectivity index (χ1) is 7.68. The monoisotopic (exact) mass is 275 g/mol. The van der Waals surface area contributed by atoms with E-state index in [9.17, 15) is 0 Å². The van der Waals surface area contributed by atoms with Gasteiger partial charge in [0.25, 0.3) is 0 Å². The third-order valence-electron chi connectivity index (χ3n) is 2.20. The van der Waals surface area contributed by atoms with E-state index in [1.54, 1.807) is 18.3 Å². The third-order valence-corrected chi connectivity index (χ3v) is 2.70. The van der Waals surface area contributed by atoms with Crippen molar-refractivity contribution >= 4 is 27.3 Å². The van der Waals surface area contributed by atoms with Crippen molar-refractivity contribution in [3.63, 3.8) is 0 Å². The van der Waals surface area contributed by atoms with E-state index in [2.05, 4.69) is 20.9 Å². The number of benzene rings is 1. The summed E-state index contributed by atoms with van der Waals surface area (Å²) < 4.78 is 0.905. The molecule has 1 aromatic carbocycles. The van der Waals surface area contributed by atoms with Crippen LogP contribution in [0.5, 0.6) is 0 Å². The van der Waals surface area contributed by atoms with Gasteiger partial charge < -0.3 is 5.73 Å². The first-order valence-corrected chi connectivity index (χ1v) is 5.53. The highest BCUT2D eigenvalue weighted by Crippen LogP contribution is 2.20. The zero-order valence-corrected chi connectivity index (χ0v) is 10.0. The number of nitrogens with two attached hydrogens (primary N) is 1. The van der Waals surface area contributed by atoms with E-state index < -0.39 is 0 Å². The Hall–Kier alpha value is -1.68. The second-order valence-corrected chi connectivity index (χ2v) is 4.24. The lowest BCUT2D eigenvalue weighted by atomic mass is 10.1. The maximum atomic E-state index is 8.02. The Kier molecular flexibility index (Phi) is 3.01. The van der Waals surface area contributed by atoms with Gasteiger partial charge in [-0.1, -0.05) is 22.0 Å². The van der Waals surface area contributed by atoms with Crippen molar-refractivity contribution < 1.29 is 0 Å². The molecule has 1 aromatic heterocycles. The van der Waals surface area contributed by atoms with Crippen LogP contribution in [0.2, 0.25) is 0 Å². The molecule has 0 saturated heterocycles.